The summed E-state index contributed by atoms with van der Waals surface area (Å²) >= 11 is 1.27. The summed E-state index contributed by atoms with van der Waals surface area (Å²) in [7, 11) is 3.17. The van der Waals surface area contributed by atoms with Crippen LogP contribution in [0.15, 0.2) is 124 Å². The first-order valence-electron chi connectivity index (χ1n) is 14.3. The van der Waals surface area contributed by atoms with Gasteiger partial charge in [-0.05, 0) is 66.1 Å². The SMILES string of the molecule is COc1cccc([C@@H]2C(C(=O)Nc3ccccc3)=C(C)N=c3s/c(=C\c4ccc(OCc5ccccc5)c(OC)c4)c(=O)n32)c1. The first kappa shape index (κ1) is 29.7. The Labute approximate surface area is 264 Å². The minimum absolute atomic E-state index is 0.257. The van der Waals surface area contributed by atoms with Gasteiger partial charge >= 0.3 is 0 Å². The molecule has 0 unspecified atom stereocenters. The maximum absolute atomic E-state index is 14.1. The van der Waals surface area contributed by atoms with Gasteiger partial charge in [-0.25, -0.2) is 4.99 Å². The molecule has 6 rings (SSSR count). The highest BCUT2D eigenvalue weighted by molar-refractivity contribution is 7.07. The number of allylic oxidation sites excluding steroid dienone is 1. The number of thiazole rings is 1. The molecule has 0 spiro atoms. The molecule has 4 aromatic carbocycles. The molecule has 1 N–H and O–H groups in total. The van der Waals surface area contributed by atoms with E-state index >= 15 is 0 Å². The fraction of sp³-hybridized carbons (Fsp3) is 0.139. The van der Waals surface area contributed by atoms with E-state index in [1.807, 2.05) is 103 Å². The molecule has 0 fully saturated rings. The number of carbonyl (C=O) groups is 1. The van der Waals surface area contributed by atoms with Crippen LogP contribution in [-0.4, -0.2) is 24.7 Å². The Morgan fingerprint density at radius 1 is 0.911 bits per heavy atom. The monoisotopic (exact) mass is 617 g/mol. The molecule has 1 aliphatic heterocycles. The van der Waals surface area contributed by atoms with Gasteiger partial charge in [0.15, 0.2) is 16.3 Å². The lowest BCUT2D eigenvalue weighted by Crippen LogP contribution is -2.40. The molecule has 0 saturated carbocycles. The molecule has 0 bridgehead atoms. The van der Waals surface area contributed by atoms with Crippen LogP contribution in [0.1, 0.15) is 29.7 Å². The highest BCUT2D eigenvalue weighted by Gasteiger charge is 2.32. The van der Waals surface area contributed by atoms with Crippen LogP contribution >= 0.6 is 11.3 Å². The van der Waals surface area contributed by atoms with E-state index in [9.17, 15) is 9.59 Å². The van der Waals surface area contributed by atoms with E-state index in [2.05, 4.69) is 5.32 Å². The molecule has 45 heavy (non-hydrogen) atoms. The molecule has 0 radical (unpaired) electrons. The van der Waals surface area contributed by atoms with Crippen molar-refractivity contribution in [1.82, 2.24) is 4.57 Å². The Kier molecular flexibility index (Phi) is 8.61. The minimum Gasteiger partial charge on any atom is -0.497 e. The number of para-hydroxylation sites is 1. The fourth-order valence-electron chi connectivity index (χ4n) is 5.24. The van der Waals surface area contributed by atoms with E-state index in [0.29, 0.717) is 50.1 Å². The number of ether oxygens (including phenoxy) is 3. The number of nitrogens with one attached hydrogen (secondary N) is 1. The Balaban J connectivity index is 1.40. The molecule has 1 aromatic heterocycles. The largest absolute Gasteiger partial charge is 0.497 e. The Morgan fingerprint density at radius 2 is 1.67 bits per heavy atom. The van der Waals surface area contributed by atoms with Crippen LogP contribution < -0.4 is 34.4 Å². The zero-order chi connectivity index (χ0) is 31.3. The summed E-state index contributed by atoms with van der Waals surface area (Å²) in [6, 6.07) is 31.3. The van der Waals surface area contributed by atoms with Crippen LogP contribution in [0.5, 0.6) is 17.2 Å². The van der Waals surface area contributed by atoms with Gasteiger partial charge in [-0.1, -0.05) is 78.1 Å². The smallest absolute Gasteiger partial charge is 0.271 e. The van der Waals surface area contributed by atoms with Crippen molar-refractivity contribution in [3.63, 3.8) is 0 Å². The summed E-state index contributed by atoms with van der Waals surface area (Å²) in [5, 5.41) is 2.97. The van der Waals surface area contributed by atoms with Gasteiger partial charge < -0.3 is 19.5 Å². The zero-order valence-electron chi connectivity index (χ0n) is 25.0. The summed E-state index contributed by atoms with van der Waals surface area (Å²) in [4.78, 5) is 33.1. The third-order valence-corrected chi connectivity index (χ3v) is 8.41. The van der Waals surface area contributed by atoms with Gasteiger partial charge in [0.1, 0.15) is 12.4 Å². The molecule has 226 valence electrons. The van der Waals surface area contributed by atoms with E-state index in [0.717, 1.165) is 16.7 Å². The van der Waals surface area contributed by atoms with Gasteiger partial charge in [0.05, 0.1) is 36.1 Å². The van der Waals surface area contributed by atoms with Crippen LogP contribution in [0.25, 0.3) is 6.08 Å². The van der Waals surface area contributed by atoms with Crippen molar-refractivity contribution < 1.29 is 19.0 Å². The number of amides is 1. The van der Waals surface area contributed by atoms with Crippen molar-refractivity contribution in [2.45, 2.75) is 19.6 Å². The normalized spacial score (nSPS) is 14.4. The molecule has 0 aliphatic carbocycles. The van der Waals surface area contributed by atoms with Crippen molar-refractivity contribution in [3.8, 4) is 17.2 Å². The highest BCUT2D eigenvalue weighted by Crippen LogP contribution is 2.33. The Morgan fingerprint density at radius 3 is 2.40 bits per heavy atom. The summed E-state index contributed by atoms with van der Waals surface area (Å²) < 4.78 is 19.2. The van der Waals surface area contributed by atoms with Crippen LogP contribution in [-0.2, 0) is 11.4 Å². The number of hydrogen-bond donors (Lipinski definition) is 1. The zero-order valence-corrected chi connectivity index (χ0v) is 25.8. The van der Waals surface area contributed by atoms with Gasteiger partial charge in [-0.2, -0.15) is 0 Å². The van der Waals surface area contributed by atoms with E-state index in [4.69, 9.17) is 19.2 Å². The third kappa shape index (κ3) is 6.30. The molecule has 0 saturated heterocycles. The molecule has 2 heterocycles. The number of aromatic nitrogens is 1. The molecule has 8 nitrogen and oxygen atoms in total. The quantitative estimate of drug-likeness (QED) is 0.237. The second-order valence-electron chi connectivity index (χ2n) is 10.4. The summed E-state index contributed by atoms with van der Waals surface area (Å²) in [6.07, 6.45) is 1.80. The van der Waals surface area contributed by atoms with Crippen molar-refractivity contribution in [2.75, 3.05) is 19.5 Å². The van der Waals surface area contributed by atoms with Crippen molar-refractivity contribution in [3.05, 3.63) is 151 Å². The summed E-state index contributed by atoms with van der Waals surface area (Å²) in [6.45, 7) is 2.20. The number of fused-ring (bicyclic) bond motifs is 1. The van der Waals surface area contributed by atoms with Crippen LogP contribution in [0.4, 0.5) is 5.69 Å². The lowest BCUT2D eigenvalue weighted by Gasteiger charge is -2.25. The molecular weight excluding hydrogens is 586 g/mol. The van der Waals surface area contributed by atoms with E-state index in [1.165, 1.54) is 11.3 Å². The van der Waals surface area contributed by atoms with E-state index < -0.39 is 6.04 Å². The Bertz CT molecular complexity index is 2070. The van der Waals surface area contributed by atoms with Crippen molar-refractivity contribution in [1.29, 1.82) is 0 Å². The fourth-order valence-corrected chi connectivity index (χ4v) is 6.29. The van der Waals surface area contributed by atoms with Crippen LogP contribution in [0.2, 0.25) is 0 Å². The molecule has 5 aromatic rings. The first-order chi connectivity index (χ1) is 21.9. The van der Waals surface area contributed by atoms with E-state index in [-0.39, 0.29) is 11.5 Å². The topological polar surface area (TPSA) is 91.2 Å². The number of carbonyl (C=O) groups excluding carboxylic acids is 1. The second-order valence-corrected chi connectivity index (χ2v) is 11.4. The molecule has 9 heteroatoms. The maximum atomic E-state index is 14.1. The number of benzene rings is 4. The number of rotatable bonds is 9. The van der Waals surface area contributed by atoms with E-state index in [1.54, 1.807) is 31.8 Å². The number of hydrogen-bond acceptors (Lipinski definition) is 7. The van der Waals surface area contributed by atoms with Crippen LogP contribution in [0.3, 0.4) is 0 Å². The first-order valence-corrected chi connectivity index (χ1v) is 15.1. The van der Waals surface area contributed by atoms with Crippen molar-refractivity contribution in [2.24, 2.45) is 4.99 Å². The molecule has 1 atom stereocenters. The summed E-state index contributed by atoms with van der Waals surface area (Å²) in [5.74, 6) is 1.44. The predicted molar refractivity (Wildman–Crippen MR) is 176 cm³/mol. The van der Waals surface area contributed by atoms with Gasteiger partial charge in [0.2, 0.25) is 0 Å². The summed E-state index contributed by atoms with van der Waals surface area (Å²) in [5.41, 5.74) is 3.85. The maximum Gasteiger partial charge on any atom is 0.271 e. The lowest BCUT2D eigenvalue weighted by molar-refractivity contribution is -0.113. The third-order valence-electron chi connectivity index (χ3n) is 7.43. The molecule has 1 aliphatic rings. The average Bonchev–Trinajstić information content (AvgIpc) is 3.37. The van der Waals surface area contributed by atoms with Gasteiger partial charge in [-0.3, -0.25) is 14.2 Å². The van der Waals surface area contributed by atoms with Gasteiger partial charge in [0, 0.05) is 5.69 Å². The standard InChI is InChI=1S/C36H31N3O5S/c1-23-32(34(40)38-27-14-8-5-9-15-27)33(26-13-10-16-28(21-26)42-2)39-35(41)31(45-36(39)37-23)20-25-17-18-29(30(19-25)43-3)44-22-24-11-6-4-7-12-24/h4-21,33H,22H2,1-3H3,(H,38,40)/b31-20-/t33-/m1/s1. The van der Waals surface area contributed by atoms with Gasteiger partial charge in [0.25, 0.3) is 11.5 Å². The number of methoxy groups -OCH3 is 2. The number of nitrogens with zero attached hydrogens (tertiary/aromatic N) is 2. The van der Waals surface area contributed by atoms with Crippen LogP contribution in [0, 0.1) is 0 Å². The van der Waals surface area contributed by atoms with Crippen molar-refractivity contribution >= 4 is 29.0 Å². The lowest BCUT2D eigenvalue weighted by atomic mass is 9.95. The Hall–Kier alpha value is -5.41. The average molecular weight is 618 g/mol. The highest BCUT2D eigenvalue weighted by atomic mass is 32.1. The predicted octanol–water partition coefficient (Wildman–Crippen LogP) is 5.47. The number of anilines is 1. The van der Waals surface area contributed by atoms with Gasteiger partial charge in [-0.15, -0.1) is 0 Å². The minimum atomic E-state index is -0.717. The second kappa shape index (κ2) is 13.1. The molecular formula is C36H31N3O5S. The molecule has 1 amide bonds.